The van der Waals surface area contributed by atoms with Crippen LogP contribution < -0.4 is 9.47 Å². The number of ether oxygens (including phenoxy) is 4. The van der Waals surface area contributed by atoms with Crippen LogP contribution >= 0.6 is 0 Å². The second-order valence-corrected chi connectivity index (χ2v) is 14.2. The molecule has 1 amide bonds. The topological polar surface area (TPSA) is 159 Å². The van der Waals surface area contributed by atoms with Crippen molar-refractivity contribution in [2.75, 3.05) is 33.1 Å². The second kappa shape index (κ2) is 13.3. The van der Waals surface area contributed by atoms with Gasteiger partial charge in [0.15, 0.2) is 17.8 Å². The molecule has 3 heterocycles. The van der Waals surface area contributed by atoms with Crippen molar-refractivity contribution in [3.8, 4) is 17.6 Å². The quantitative estimate of drug-likeness (QED) is 0.336. The van der Waals surface area contributed by atoms with Crippen molar-refractivity contribution in [3.63, 3.8) is 0 Å². The van der Waals surface area contributed by atoms with Gasteiger partial charge in [0.1, 0.15) is 0 Å². The summed E-state index contributed by atoms with van der Waals surface area (Å²) in [5.74, 6) is 0.525. The van der Waals surface area contributed by atoms with Crippen molar-refractivity contribution < 1.29 is 42.4 Å². The van der Waals surface area contributed by atoms with Crippen molar-refractivity contribution in [2.24, 2.45) is 11.3 Å². The van der Waals surface area contributed by atoms with Gasteiger partial charge in [-0.05, 0) is 42.4 Å². The molecule has 3 aliphatic heterocycles. The van der Waals surface area contributed by atoms with Gasteiger partial charge < -0.3 is 29.2 Å². The van der Waals surface area contributed by atoms with Gasteiger partial charge in [-0.1, -0.05) is 44.2 Å². The molecular formula is C31H39N3O9S. The zero-order valence-corrected chi connectivity index (χ0v) is 25.7. The number of aliphatic hydroxyl groups is 1. The molecule has 238 valence electrons. The first kappa shape index (κ1) is 32.0. The Morgan fingerprint density at radius 3 is 2.61 bits per heavy atom. The highest BCUT2D eigenvalue weighted by Gasteiger charge is 2.49. The zero-order chi connectivity index (χ0) is 31.5. The van der Waals surface area contributed by atoms with Gasteiger partial charge in [0.05, 0.1) is 42.4 Å². The highest BCUT2D eigenvalue weighted by Crippen LogP contribution is 2.38. The molecule has 5 rings (SSSR count). The molecule has 5 atom stereocenters. The average molecular weight is 630 g/mol. The molecule has 2 aromatic rings. The molecule has 0 radical (unpaired) electrons. The van der Waals surface area contributed by atoms with Gasteiger partial charge in [-0.2, -0.15) is 9.57 Å². The van der Waals surface area contributed by atoms with Crippen molar-refractivity contribution in [3.05, 3.63) is 54.1 Å². The fourth-order valence-corrected chi connectivity index (χ4v) is 7.91. The van der Waals surface area contributed by atoms with Crippen molar-refractivity contribution in [1.82, 2.24) is 9.21 Å². The van der Waals surface area contributed by atoms with Crippen LogP contribution in [0.3, 0.4) is 0 Å². The van der Waals surface area contributed by atoms with Gasteiger partial charge in [-0.25, -0.2) is 13.2 Å². The first-order valence-corrected chi connectivity index (χ1v) is 16.2. The molecule has 3 aliphatic rings. The van der Waals surface area contributed by atoms with Crippen LogP contribution in [0.1, 0.15) is 38.7 Å². The fourth-order valence-electron chi connectivity index (χ4n) is 6.25. The van der Waals surface area contributed by atoms with E-state index in [0.717, 1.165) is 5.56 Å². The predicted octanol–water partition coefficient (Wildman–Crippen LogP) is 3.45. The molecule has 0 aliphatic carbocycles. The number of sulfonamides is 1. The molecule has 0 aromatic heterocycles. The van der Waals surface area contributed by atoms with Gasteiger partial charge in [-0.3, -0.25) is 4.90 Å². The normalized spacial score (nSPS) is 22.4. The monoisotopic (exact) mass is 629 g/mol. The lowest BCUT2D eigenvalue weighted by Gasteiger charge is -2.40. The van der Waals surface area contributed by atoms with E-state index in [0.29, 0.717) is 30.9 Å². The minimum absolute atomic E-state index is 0.0152. The molecule has 0 spiro atoms. The van der Waals surface area contributed by atoms with Gasteiger partial charge in [-0.15, -0.1) is 0 Å². The molecule has 0 bridgehead atoms. The van der Waals surface area contributed by atoms with Crippen LogP contribution in [0.25, 0.3) is 0 Å². The van der Waals surface area contributed by atoms with Gasteiger partial charge in [0.2, 0.25) is 16.8 Å². The first-order valence-electron chi connectivity index (χ1n) is 14.7. The number of nitrogens with zero attached hydrogens (tertiary/aromatic N) is 3. The summed E-state index contributed by atoms with van der Waals surface area (Å²) < 4.78 is 51.8. The number of carboxylic acid groups (broad SMARTS) is 1. The molecule has 2 saturated heterocycles. The Kier molecular flexibility index (Phi) is 9.67. The fraction of sp³-hybridized carbons (Fsp3) is 0.548. The minimum atomic E-state index is -4.22. The summed E-state index contributed by atoms with van der Waals surface area (Å²) in [5.41, 5.74) is 0.161. The lowest BCUT2D eigenvalue weighted by atomic mass is 9.87. The number of benzene rings is 2. The molecular weight excluding hydrogens is 590 g/mol. The van der Waals surface area contributed by atoms with Gasteiger partial charge in [0.25, 0.3) is 0 Å². The maximum atomic E-state index is 14.2. The van der Waals surface area contributed by atoms with Crippen LogP contribution in [0.4, 0.5) is 4.79 Å². The summed E-state index contributed by atoms with van der Waals surface area (Å²) in [6.45, 7) is 3.86. The standard InChI is InChI=1S/C31H39N3O9S/c1-31(2,12-6-13-32)19-33(44(38,39)22-9-10-27-28(16-22)43-20-42-27)17-26(35)24(15-21-7-4-3-5-8-21)34(30(36)37)25-18-41-29-23(25)11-14-40-29/h3-5,7-10,16,23-26,29,35H,6,11-12,14-15,17-20H2,1-2H3,(H,36,37)/t23-,24-,25-,26+,29+/m0/s1. The summed E-state index contributed by atoms with van der Waals surface area (Å²) in [5, 5.41) is 31.6. The Balaban J connectivity index is 1.50. The number of nitriles is 1. The molecule has 2 fully saturated rings. The largest absolute Gasteiger partial charge is 0.465 e. The number of amides is 1. The summed E-state index contributed by atoms with van der Waals surface area (Å²) >= 11 is 0. The van der Waals surface area contributed by atoms with E-state index in [1.807, 2.05) is 44.2 Å². The van der Waals surface area contributed by atoms with Crippen LogP contribution in [0.2, 0.25) is 0 Å². The van der Waals surface area contributed by atoms with Crippen LogP contribution in [0, 0.1) is 22.7 Å². The first-order chi connectivity index (χ1) is 21.0. The molecule has 12 nitrogen and oxygen atoms in total. The third-order valence-corrected chi connectivity index (χ3v) is 10.4. The summed E-state index contributed by atoms with van der Waals surface area (Å²) in [6, 6.07) is 14.1. The molecule has 2 aromatic carbocycles. The van der Waals surface area contributed by atoms with Crippen molar-refractivity contribution >= 4 is 16.1 Å². The van der Waals surface area contributed by atoms with Crippen LogP contribution in [-0.4, -0.2) is 91.5 Å². The number of aliphatic hydroxyl groups excluding tert-OH is 1. The smallest absolute Gasteiger partial charge is 0.407 e. The molecule has 2 N–H and O–H groups in total. The minimum Gasteiger partial charge on any atom is -0.465 e. The molecule has 0 saturated carbocycles. The van der Waals surface area contributed by atoms with Crippen molar-refractivity contribution in [1.29, 1.82) is 5.26 Å². The predicted molar refractivity (Wildman–Crippen MR) is 157 cm³/mol. The number of hydrogen-bond acceptors (Lipinski definition) is 9. The highest BCUT2D eigenvalue weighted by molar-refractivity contribution is 7.89. The Labute approximate surface area is 257 Å². The SMILES string of the molecule is CC(C)(CCC#N)CN(C[C@@H](O)[C@H](Cc1ccccc1)N(C(=O)O)[C@H]1CO[C@H]2OCC[C@H]21)S(=O)(=O)c1ccc2c(c1)OCO2. The van der Waals surface area contributed by atoms with E-state index in [9.17, 15) is 28.7 Å². The maximum absolute atomic E-state index is 14.2. The van der Waals surface area contributed by atoms with E-state index in [1.54, 1.807) is 0 Å². The number of fused-ring (bicyclic) bond motifs is 2. The van der Waals surface area contributed by atoms with E-state index in [2.05, 4.69) is 6.07 Å². The number of carbonyl (C=O) groups is 1. The third-order valence-electron chi connectivity index (χ3n) is 8.57. The Morgan fingerprint density at radius 2 is 1.89 bits per heavy atom. The van der Waals surface area contributed by atoms with Crippen LogP contribution in [0.5, 0.6) is 11.5 Å². The second-order valence-electron chi connectivity index (χ2n) is 12.2. The number of rotatable bonds is 13. The summed E-state index contributed by atoms with van der Waals surface area (Å²) in [7, 11) is -4.22. The van der Waals surface area contributed by atoms with Gasteiger partial charge >= 0.3 is 6.09 Å². The van der Waals surface area contributed by atoms with Gasteiger partial charge in [0, 0.05) is 31.5 Å². The molecule has 13 heteroatoms. The Morgan fingerprint density at radius 1 is 1.14 bits per heavy atom. The Hall–Kier alpha value is -3.41. The van der Waals surface area contributed by atoms with Crippen LogP contribution in [-0.2, 0) is 25.9 Å². The van der Waals surface area contributed by atoms with E-state index >= 15 is 0 Å². The number of hydrogen-bond donors (Lipinski definition) is 2. The van der Waals surface area contributed by atoms with E-state index in [1.165, 1.54) is 27.4 Å². The van der Waals surface area contributed by atoms with Crippen LogP contribution in [0.15, 0.2) is 53.4 Å². The lowest BCUT2D eigenvalue weighted by molar-refractivity contribution is -0.0906. The molecule has 44 heavy (non-hydrogen) atoms. The lowest BCUT2D eigenvalue weighted by Crippen LogP contribution is -2.58. The highest BCUT2D eigenvalue weighted by atomic mass is 32.2. The van der Waals surface area contributed by atoms with Crippen molar-refractivity contribution in [2.45, 2.75) is 68.9 Å². The van der Waals surface area contributed by atoms with E-state index in [4.69, 9.17) is 18.9 Å². The summed E-state index contributed by atoms with van der Waals surface area (Å²) in [4.78, 5) is 14.1. The van der Waals surface area contributed by atoms with E-state index < -0.39 is 46.0 Å². The average Bonchev–Trinajstić information content (AvgIpc) is 3.74. The molecule has 0 unspecified atom stereocenters. The summed E-state index contributed by atoms with van der Waals surface area (Å²) in [6.07, 6.45) is -1.74. The maximum Gasteiger partial charge on any atom is 0.407 e. The zero-order valence-electron chi connectivity index (χ0n) is 24.9. The van der Waals surface area contributed by atoms with E-state index in [-0.39, 0.29) is 50.1 Å². The Bertz CT molecular complexity index is 1460. The third kappa shape index (κ3) is 6.95.